The van der Waals surface area contributed by atoms with Gasteiger partial charge in [0.25, 0.3) is 0 Å². The summed E-state index contributed by atoms with van der Waals surface area (Å²) in [6.45, 7) is 0.162. The Hall–Kier alpha value is -1.56. The third-order valence-corrected chi connectivity index (χ3v) is 4.16. The Labute approximate surface area is 116 Å². The second-order valence-electron chi connectivity index (χ2n) is 3.95. The summed E-state index contributed by atoms with van der Waals surface area (Å²) in [6.07, 6.45) is 0. The van der Waals surface area contributed by atoms with Crippen molar-refractivity contribution in [1.29, 1.82) is 0 Å². The minimum atomic E-state index is -3.63. The van der Waals surface area contributed by atoms with Crippen molar-refractivity contribution < 1.29 is 13.5 Å². The molecule has 0 aliphatic heterocycles. The second-order valence-corrected chi connectivity index (χ2v) is 6.15. The predicted molar refractivity (Wildman–Crippen MR) is 73.6 cm³/mol. The van der Waals surface area contributed by atoms with Gasteiger partial charge >= 0.3 is 0 Å². The fraction of sp³-hybridized carbons (Fsp3) is 0.0769. The van der Waals surface area contributed by atoms with Crippen molar-refractivity contribution in [3.05, 3.63) is 59.1 Å². The first kappa shape index (κ1) is 13.9. The van der Waals surface area contributed by atoms with Gasteiger partial charge in [-0.05, 0) is 35.9 Å². The largest absolute Gasteiger partial charge is 0.508 e. The highest BCUT2D eigenvalue weighted by Crippen LogP contribution is 2.16. The number of nitrogens with one attached hydrogen (secondary N) is 1. The highest BCUT2D eigenvalue weighted by molar-refractivity contribution is 7.89. The third kappa shape index (κ3) is 3.70. The highest BCUT2D eigenvalue weighted by Gasteiger charge is 2.13. The standard InChI is InChI=1S/C13H12ClNO3S/c14-11-6-4-10(5-7-11)9-15-19(17,18)13-3-1-2-12(16)8-13/h1-8,15-16H,9H2. The van der Waals surface area contributed by atoms with Crippen molar-refractivity contribution >= 4 is 21.6 Å². The minimum absolute atomic E-state index is 0.0291. The molecule has 0 amide bonds. The SMILES string of the molecule is O=S(=O)(NCc1ccc(Cl)cc1)c1cccc(O)c1. The zero-order valence-electron chi connectivity index (χ0n) is 9.88. The van der Waals surface area contributed by atoms with E-state index in [1.165, 1.54) is 24.3 Å². The number of hydrogen-bond acceptors (Lipinski definition) is 3. The molecule has 19 heavy (non-hydrogen) atoms. The molecule has 2 N–H and O–H groups in total. The van der Waals surface area contributed by atoms with Crippen LogP contribution in [0.15, 0.2) is 53.4 Å². The molecule has 0 aromatic heterocycles. The smallest absolute Gasteiger partial charge is 0.241 e. The fourth-order valence-electron chi connectivity index (χ4n) is 1.51. The summed E-state index contributed by atoms with van der Waals surface area (Å²) in [7, 11) is -3.63. The molecule has 0 saturated heterocycles. The van der Waals surface area contributed by atoms with E-state index in [-0.39, 0.29) is 17.2 Å². The van der Waals surface area contributed by atoms with E-state index in [9.17, 15) is 13.5 Å². The molecule has 0 bridgehead atoms. The molecule has 0 aliphatic rings. The lowest BCUT2D eigenvalue weighted by molar-refractivity contribution is 0.473. The lowest BCUT2D eigenvalue weighted by Crippen LogP contribution is -2.23. The van der Waals surface area contributed by atoms with Crippen LogP contribution in [0.3, 0.4) is 0 Å². The highest BCUT2D eigenvalue weighted by atomic mass is 35.5. The van der Waals surface area contributed by atoms with Crippen molar-refractivity contribution in [2.75, 3.05) is 0 Å². The molecule has 0 spiro atoms. The van der Waals surface area contributed by atoms with E-state index < -0.39 is 10.0 Å². The Bertz CT molecular complexity index is 669. The molecule has 2 aromatic rings. The van der Waals surface area contributed by atoms with Crippen LogP contribution in [0.2, 0.25) is 5.02 Å². The van der Waals surface area contributed by atoms with Crippen LogP contribution in [-0.4, -0.2) is 13.5 Å². The Morgan fingerprint density at radius 2 is 1.79 bits per heavy atom. The van der Waals surface area contributed by atoms with Crippen LogP contribution in [0, 0.1) is 0 Å². The van der Waals surface area contributed by atoms with Crippen molar-refractivity contribution in [2.24, 2.45) is 0 Å². The number of phenolic OH excluding ortho intramolecular Hbond substituents is 1. The van der Waals surface area contributed by atoms with Crippen LogP contribution in [0.25, 0.3) is 0 Å². The maximum absolute atomic E-state index is 12.0. The molecule has 2 aromatic carbocycles. The van der Waals surface area contributed by atoms with Crippen molar-refractivity contribution in [1.82, 2.24) is 4.72 Å². The molecule has 0 unspecified atom stereocenters. The van der Waals surface area contributed by atoms with E-state index in [2.05, 4.69) is 4.72 Å². The molecule has 0 heterocycles. The van der Waals surface area contributed by atoms with Gasteiger partial charge in [-0.3, -0.25) is 0 Å². The van der Waals surface area contributed by atoms with Gasteiger partial charge in [-0.1, -0.05) is 29.8 Å². The first-order valence-electron chi connectivity index (χ1n) is 5.50. The van der Waals surface area contributed by atoms with Gasteiger partial charge in [-0.25, -0.2) is 13.1 Å². The normalized spacial score (nSPS) is 11.4. The molecular weight excluding hydrogens is 286 g/mol. The Balaban J connectivity index is 2.12. The van der Waals surface area contributed by atoms with Crippen molar-refractivity contribution in [2.45, 2.75) is 11.4 Å². The van der Waals surface area contributed by atoms with E-state index in [0.717, 1.165) is 5.56 Å². The van der Waals surface area contributed by atoms with E-state index in [1.807, 2.05) is 0 Å². The number of benzene rings is 2. The average Bonchev–Trinajstić information content (AvgIpc) is 2.38. The Morgan fingerprint density at radius 1 is 1.11 bits per heavy atom. The summed E-state index contributed by atoms with van der Waals surface area (Å²) in [5, 5.41) is 9.88. The number of hydrogen-bond donors (Lipinski definition) is 2. The summed E-state index contributed by atoms with van der Waals surface area (Å²) in [5.41, 5.74) is 0.799. The molecule has 0 fully saturated rings. The first-order chi connectivity index (χ1) is 8.97. The fourth-order valence-corrected chi connectivity index (χ4v) is 2.70. The van der Waals surface area contributed by atoms with E-state index in [0.29, 0.717) is 5.02 Å². The van der Waals surface area contributed by atoms with E-state index in [1.54, 1.807) is 24.3 Å². The molecule has 0 aliphatic carbocycles. The van der Waals surface area contributed by atoms with Crippen molar-refractivity contribution in [3.8, 4) is 5.75 Å². The Kier molecular flexibility index (Phi) is 4.09. The van der Waals surface area contributed by atoms with Gasteiger partial charge in [-0.15, -0.1) is 0 Å². The van der Waals surface area contributed by atoms with Gasteiger partial charge in [0, 0.05) is 11.6 Å². The van der Waals surface area contributed by atoms with Gasteiger partial charge in [0.15, 0.2) is 0 Å². The summed E-state index contributed by atoms with van der Waals surface area (Å²) >= 11 is 5.75. The van der Waals surface area contributed by atoms with Gasteiger partial charge in [-0.2, -0.15) is 0 Å². The number of sulfonamides is 1. The van der Waals surface area contributed by atoms with Crippen LogP contribution in [0.4, 0.5) is 0 Å². The molecule has 4 nitrogen and oxygen atoms in total. The lowest BCUT2D eigenvalue weighted by Gasteiger charge is -2.07. The summed E-state index contributed by atoms with van der Waals surface area (Å²) in [5.74, 6) is -0.0885. The maximum Gasteiger partial charge on any atom is 0.241 e. The lowest BCUT2D eigenvalue weighted by atomic mass is 10.2. The van der Waals surface area contributed by atoms with Gasteiger partial charge in [0.1, 0.15) is 5.75 Å². The van der Waals surface area contributed by atoms with Crippen LogP contribution in [0.5, 0.6) is 5.75 Å². The zero-order valence-corrected chi connectivity index (χ0v) is 11.4. The molecule has 100 valence electrons. The second kappa shape index (κ2) is 5.61. The van der Waals surface area contributed by atoms with Crippen LogP contribution >= 0.6 is 11.6 Å². The van der Waals surface area contributed by atoms with E-state index in [4.69, 9.17) is 11.6 Å². The molecule has 6 heteroatoms. The molecule has 2 rings (SSSR count). The number of rotatable bonds is 4. The maximum atomic E-state index is 12.0. The first-order valence-corrected chi connectivity index (χ1v) is 7.37. The van der Waals surface area contributed by atoms with Crippen LogP contribution in [0.1, 0.15) is 5.56 Å². The number of phenols is 1. The predicted octanol–water partition coefficient (Wildman–Crippen LogP) is 2.52. The summed E-state index contributed by atoms with van der Waals surface area (Å²) < 4.78 is 26.4. The number of aromatic hydroxyl groups is 1. The van der Waals surface area contributed by atoms with Crippen LogP contribution in [-0.2, 0) is 16.6 Å². The summed E-state index contributed by atoms with van der Waals surface area (Å²) in [4.78, 5) is 0.0291. The monoisotopic (exact) mass is 297 g/mol. The third-order valence-electron chi connectivity index (χ3n) is 2.51. The summed E-state index contributed by atoms with van der Waals surface area (Å²) in [6, 6.07) is 12.4. The van der Waals surface area contributed by atoms with Gasteiger partial charge in [0.05, 0.1) is 4.90 Å². The molecule has 0 radical (unpaired) electrons. The van der Waals surface area contributed by atoms with Gasteiger partial charge < -0.3 is 5.11 Å². The topological polar surface area (TPSA) is 66.4 Å². The Morgan fingerprint density at radius 3 is 2.42 bits per heavy atom. The quantitative estimate of drug-likeness (QED) is 0.911. The minimum Gasteiger partial charge on any atom is -0.508 e. The number of halogens is 1. The molecular formula is C13H12ClNO3S. The van der Waals surface area contributed by atoms with Crippen LogP contribution < -0.4 is 4.72 Å². The van der Waals surface area contributed by atoms with Crippen molar-refractivity contribution in [3.63, 3.8) is 0 Å². The molecule has 0 atom stereocenters. The average molecular weight is 298 g/mol. The zero-order chi connectivity index (χ0) is 13.9. The molecule has 0 saturated carbocycles. The van der Waals surface area contributed by atoms with E-state index >= 15 is 0 Å². The van der Waals surface area contributed by atoms with Gasteiger partial charge in [0.2, 0.25) is 10.0 Å².